The standard InChI is InChI=1S/C15H10Br.C15H11.2HI.H2S.Zr/c16-14-8-4-7-12-9-10-13(15(12)14)11-5-2-1-3-6-11;1-2-6-12(7-3-1)15-11-10-13-8-4-5-9-14(13)15;;;;/h1-10H;1-11H;2*1H;1H2;/q;;;;;+3/p-3. The molecule has 5 heteroatoms. The van der Waals surface area contributed by atoms with Crippen LogP contribution in [0.5, 0.6) is 0 Å². The van der Waals surface area contributed by atoms with E-state index in [2.05, 4.69) is 179 Å². The molecule has 2 unspecified atom stereocenters. The van der Waals surface area contributed by atoms with Gasteiger partial charge in [0.05, 0.1) is 0 Å². The van der Waals surface area contributed by atoms with Crippen molar-refractivity contribution in [1.82, 2.24) is 0 Å². The molecule has 0 bridgehead atoms. The Bertz CT molecular complexity index is 1510. The van der Waals surface area contributed by atoms with Crippen LogP contribution in [0.4, 0.5) is 0 Å². The fourth-order valence-electron chi connectivity index (χ4n) is 6.12. The van der Waals surface area contributed by atoms with Gasteiger partial charge in [-0.25, -0.2) is 0 Å². The minimum atomic E-state index is -4.52. The van der Waals surface area contributed by atoms with Gasteiger partial charge in [0, 0.05) is 0 Å². The predicted molar refractivity (Wildman–Crippen MR) is 170 cm³/mol. The molecule has 0 aliphatic heterocycles. The molecule has 0 N–H and O–H groups in total. The van der Waals surface area contributed by atoms with Gasteiger partial charge in [0.2, 0.25) is 0 Å². The van der Waals surface area contributed by atoms with E-state index in [-0.39, 0.29) is 6.25 Å². The molecule has 0 aromatic heterocycles. The summed E-state index contributed by atoms with van der Waals surface area (Å²) >= 11 is 9.73. The molecule has 35 heavy (non-hydrogen) atoms. The average Bonchev–Trinajstić information content (AvgIpc) is 3.48. The van der Waals surface area contributed by atoms with Crippen LogP contribution >= 0.6 is 61.4 Å². The molecule has 0 saturated heterocycles. The summed E-state index contributed by atoms with van der Waals surface area (Å²) in [5.41, 5.74) is 7.87. The molecule has 0 radical (unpaired) electrons. The molecular formula is C30H22BrI2SZr. The van der Waals surface area contributed by atoms with E-state index in [0.29, 0.717) is 0 Å². The first-order valence-corrected chi connectivity index (χ1v) is 33.1. The van der Waals surface area contributed by atoms with E-state index in [9.17, 15) is 0 Å². The van der Waals surface area contributed by atoms with Gasteiger partial charge in [-0.1, -0.05) is 0 Å². The second kappa shape index (κ2) is 8.79. The molecule has 0 saturated carbocycles. The summed E-state index contributed by atoms with van der Waals surface area (Å²) in [6, 6.07) is 37.5. The first-order valence-electron chi connectivity index (χ1n) is 11.5. The second-order valence-electron chi connectivity index (χ2n) is 9.27. The van der Waals surface area contributed by atoms with Crippen LogP contribution in [0.1, 0.15) is 33.4 Å². The fourth-order valence-corrected chi connectivity index (χ4v) is 39.3. The summed E-state index contributed by atoms with van der Waals surface area (Å²) < 4.78 is 0.450. The van der Waals surface area contributed by atoms with Gasteiger partial charge in [-0.3, -0.25) is 0 Å². The van der Waals surface area contributed by atoms with E-state index in [1.165, 1.54) is 33.4 Å². The van der Waals surface area contributed by atoms with Crippen LogP contribution in [-0.4, -0.2) is 0 Å². The number of benzene rings is 4. The Morgan fingerprint density at radius 2 is 1.11 bits per heavy atom. The van der Waals surface area contributed by atoms with E-state index in [1.54, 1.807) is 0 Å². The number of fused-ring (bicyclic) bond motifs is 2. The van der Waals surface area contributed by atoms with E-state index < -0.39 is 8.94 Å². The second-order valence-corrected chi connectivity index (χ2v) is 71.9. The molecule has 2 atom stereocenters. The zero-order valence-electron chi connectivity index (χ0n) is 18.7. The Morgan fingerprint density at radius 3 is 1.80 bits per heavy atom. The van der Waals surface area contributed by atoms with Crippen molar-refractivity contribution in [3.05, 3.63) is 153 Å². The maximum absolute atomic E-state index is 6.08. The summed E-state index contributed by atoms with van der Waals surface area (Å²) in [7, 11) is 1.56. The van der Waals surface area contributed by atoms with Crippen molar-refractivity contribution in [3.8, 4) is 0 Å². The summed E-state index contributed by atoms with van der Waals surface area (Å²) in [5, 5.41) is 0. The molecule has 0 fully saturated rings. The van der Waals surface area contributed by atoms with Crippen molar-refractivity contribution in [2.75, 3.05) is 0 Å². The van der Waals surface area contributed by atoms with Gasteiger partial charge in [0.25, 0.3) is 0 Å². The zero-order valence-corrected chi connectivity index (χ0v) is 28.0. The quantitative estimate of drug-likeness (QED) is 0.154. The molecule has 0 spiro atoms. The van der Waals surface area contributed by atoms with Crippen LogP contribution < -0.4 is 0 Å². The average molecular weight is 840 g/mol. The zero-order chi connectivity index (χ0) is 24.3. The third-order valence-corrected chi connectivity index (χ3v) is 42.7. The number of rotatable bonds is 4. The van der Waals surface area contributed by atoms with Crippen molar-refractivity contribution in [1.29, 1.82) is 0 Å². The van der Waals surface area contributed by atoms with E-state index in [0.717, 1.165) is 4.47 Å². The Morgan fingerprint density at radius 1 is 0.600 bits per heavy atom. The molecular weight excluding hydrogens is 817 g/mol. The SMILES string of the molecule is [SH][Zr]([I])([I])([C]1(c2ccccc2)C=Cc2ccccc21)[C]1(c2ccccc2)C=Cc2cccc(Br)c21. The van der Waals surface area contributed by atoms with Crippen LogP contribution in [-0.2, 0) is 15.2 Å². The fraction of sp³-hybridized carbons (Fsp3) is 0.0667. The third-order valence-electron chi connectivity index (χ3n) is 7.65. The Balaban J connectivity index is 1.80. The number of thiol groups is 1. The number of allylic oxidation sites excluding steroid dienone is 2. The van der Waals surface area contributed by atoms with Crippen LogP contribution in [0.25, 0.3) is 12.2 Å². The Kier molecular flexibility index (Phi) is 6.24. The molecule has 2 aliphatic rings. The van der Waals surface area contributed by atoms with Crippen LogP contribution in [0.3, 0.4) is 0 Å². The van der Waals surface area contributed by atoms with Crippen LogP contribution in [0, 0.1) is 0 Å². The van der Waals surface area contributed by atoms with Gasteiger partial charge >= 0.3 is 242 Å². The summed E-state index contributed by atoms with van der Waals surface area (Å²) in [4.78, 5) is 0. The van der Waals surface area contributed by atoms with Crippen LogP contribution in [0.2, 0.25) is 0 Å². The van der Waals surface area contributed by atoms with Gasteiger partial charge in [0.15, 0.2) is 0 Å². The molecule has 0 amide bonds. The van der Waals surface area contributed by atoms with Gasteiger partial charge in [-0.15, -0.1) is 0 Å². The molecule has 0 heterocycles. The molecule has 4 aromatic rings. The molecule has 4 aromatic carbocycles. The normalized spacial score (nSPS) is 23.5. The topological polar surface area (TPSA) is 0 Å². The molecule has 2 aliphatic carbocycles. The molecule has 6 rings (SSSR count). The van der Waals surface area contributed by atoms with Crippen molar-refractivity contribution in [2.45, 2.75) is 6.25 Å². The molecule has 0 nitrogen and oxygen atoms in total. The first-order chi connectivity index (χ1) is 16.8. The summed E-state index contributed by atoms with van der Waals surface area (Å²) in [6.45, 7) is 0. The van der Waals surface area contributed by atoms with Crippen LogP contribution in [0.15, 0.2) is 120 Å². The predicted octanol–water partition coefficient (Wildman–Crippen LogP) is 9.92. The monoisotopic (exact) mass is 837 g/mol. The minimum absolute atomic E-state index is 0.333. The van der Waals surface area contributed by atoms with E-state index in [1.807, 2.05) is 0 Å². The number of hydrogen-bond donors (Lipinski definition) is 1. The van der Waals surface area contributed by atoms with Crippen molar-refractivity contribution < 1.29 is 8.94 Å². The summed E-state index contributed by atoms with van der Waals surface area (Å²) in [6.07, 6.45) is 9.57. The van der Waals surface area contributed by atoms with E-state index in [4.69, 9.17) is 9.39 Å². The Labute approximate surface area is 238 Å². The van der Waals surface area contributed by atoms with Gasteiger partial charge in [-0.2, -0.15) is 0 Å². The maximum atomic E-state index is 6.08. The van der Waals surface area contributed by atoms with Gasteiger partial charge in [-0.05, 0) is 0 Å². The van der Waals surface area contributed by atoms with E-state index >= 15 is 0 Å². The van der Waals surface area contributed by atoms with Gasteiger partial charge < -0.3 is 0 Å². The van der Waals surface area contributed by atoms with Crippen molar-refractivity contribution in [3.63, 3.8) is 0 Å². The first kappa shape index (κ1) is 24.8. The third kappa shape index (κ3) is 3.30. The number of hydrogen-bond acceptors (Lipinski definition) is 1. The number of halogens is 3. The Hall–Kier alpha value is -0.467. The van der Waals surface area contributed by atoms with Gasteiger partial charge in [0.1, 0.15) is 0 Å². The van der Waals surface area contributed by atoms with Crippen molar-refractivity contribution in [2.24, 2.45) is 0 Å². The van der Waals surface area contributed by atoms with Crippen molar-refractivity contribution >= 4 is 73.6 Å². The molecule has 173 valence electrons. The summed E-state index contributed by atoms with van der Waals surface area (Å²) in [5.74, 6) is 0.